The van der Waals surface area contributed by atoms with Crippen LogP contribution in [0.25, 0.3) is 21.6 Å². The number of ether oxygens (including phenoxy) is 2. The number of rotatable bonds is 10. The molecule has 4 aliphatic rings. The van der Waals surface area contributed by atoms with Crippen LogP contribution in [0.4, 0.5) is 5.13 Å². The normalized spacial score (nSPS) is 26.2. The Morgan fingerprint density at radius 1 is 1.10 bits per heavy atom. The van der Waals surface area contributed by atoms with Gasteiger partial charge in [-0.05, 0) is 70.4 Å². The monoisotopic (exact) mass is 861 g/mol. The van der Waals surface area contributed by atoms with Crippen LogP contribution in [-0.2, 0) is 24.4 Å². The molecule has 314 valence electrons. The maximum atomic E-state index is 14.8. The highest BCUT2D eigenvalue weighted by atomic mass is 32.2. The molecule has 3 fully saturated rings. The second kappa shape index (κ2) is 16.1. The number of sulfonamides is 1. The summed E-state index contributed by atoms with van der Waals surface area (Å²) in [6, 6.07) is 3.94. The predicted molar refractivity (Wildman–Crippen MR) is 228 cm³/mol. The van der Waals surface area contributed by atoms with E-state index in [0.717, 1.165) is 47.3 Å². The Morgan fingerprint density at radius 2 is 1.92 bits per heavy atom. The van der Waals surface area contributed by atoms with Crippen LogP contribution in [-0.4, -0.2) is 88.1 Å². The van der Waals surface area contributed by atoms with Crippen molar-refractivity contribution in [1.29, 1.82) is 0 Å². The lowest BCUT2D eigenvalue weighted by Gasteiger charge is -2.30. The molecular weight excluding hydrogens is 811 g/mol. The van der Waals surface area contributed by atoms with E-state index in [1.165, 1.54) is 22.7 Å². The van der Waals surface area contributed by atoms with Crippen molar-refractivity contribution >= 4 is 66.5 Å². The number of allylic oxidation sites excluding steroid dienone is 1. The van der Waals surface area contributed by atoms with Gasteiger partial charge in [-0.3, -0.25) is 19.1 Å². The average molecular weight is 862 g/mol. The van der Waals surface area contributed by atoms with Gasteiger partial charge in [0.1, 0.15) is 45.9 Å². The first-order valence-electron chi connectivity index (χ1n) is 20.3. The molecule has 1 saturated heterocycles. The number of hydrogen-bond donors (Lipinski definition) is 3. The first kappa shape index (κ1) is 41.1. The summed E-state index contributed by atoms with van der Waals surface area (Å²) in [5, 5.41) is 12.3. The number of fused-ring (bicyclic) bond motifs is 3. The molecule has 2 saturated carbocycles. The summed E-state index contributed by atoms with van der Waals surface area (Å²) >= 11 is 2.89. The summed E-state index contributed by atoms with van der Waals surface area (Å²) < 4.78 is 40.3. The van der Waals surface area contributed by atoms with Crippen LogP contribution in [0, 0.1) is 12.8 Å². The van der Waals surface area contributed by atoms with Crippen molar-refractivity contribution in [2.45, 2.75) is 120 Å². The number of aryl methyl sites for hydroxylation is 1. The number of anilines is 1. The molecule has 0 unspecified atom stereocenters. The van der Waals surface area contributed by atoms with Crippen LogP contribution in [0.3, 0.4) is 0 Å². The molecule has 3 amide bonds. The van der Waals surface area contributed by atoms with E-state index in [4.69, 9.17) is 19.4 Å². The fraction of sp³-hybridized carbons (Fsp3) is 0.524. The molecule has 5 heterocycles. The number of carbonyl (C=O) groups excluding carboxylic acids is 3. The van der Waals surface area contributed by atoms with E-state index in [9.17, 15) is 22.8 Å². The van der Waals surface area contributed by atoms with Gasteiger partial charge in [0.05, 0.1) is 29.6 Å². The van der Waals surface area contributed by atoms with Gasteiger partial charge in [-0.25, -0.2) is 23.4 Å². The lowest BCUT2D eigenvalue weighted by Crippen LogP contribution is -2.58. The number of aromatic nitrogens is 3. The zero-order valence-electron chi connectivity index (χ0n) is 33.9. The largest absolute Gasteiger partial charge is 0.496 e. The molecule has 1 aromatic carbocycles. The molecule has 0 radical (unpaired) electrons. The number of amides is 3. The van der Waals surface area contributed by atoms with Crippen molar-refractivity contribution in [2.24, 2.45) is 5.92 Å². The van der Waals surface area contributed by atoms with Crippen molar-refractivity contribution in [3.05, 3.63) is 58.6 Å². The third kappa shape index (κ3) is 8.17. The minimum Gasteiger partial charge on any atom is -0.496 e. The Hall–Kier alpha value is -4.61. The van der Waals surface area contributed by atoms with Crippen molar-refractivity contribution < 1.29 is 32.3 Å². The van der Waals surface area contributed by atoms with Crippen molar-refractivity contribution in [2.75, 3.05) is 19.0 Å². The average Bonchev–Trinajstić information content (AvgIpc) is 3.79. The van der Waals surface area contributed by atoms with E-state index in [1.807, 2.05) is 48.0 Å². The number of pyridine rings is 1. The minimum absolute atomic E-state index is 0.0886. The van der Waals surface area contributed by atoms with Crippen LogP contribution in [0.5, 0.6) is 11.5 Å². The Kier molecular flexibility index (Phi) is 11.2. The Balaban J connectivity index is 1.15. The van der Waals surface area contributed by atoms with Gasteiger partial charge in [0, 0.05) is 46.3 Å². The van der Waals surface area contributed by atoms with Crippen molar-refractivity contribution in [1.82, 2.24) is 29.9 Å². The number of hydrogen-bond acceptors (Lipinski definition) is 13. The first-order valence-corrected chi connectivity index (χ1v) is 23.6. The van der Waals surface area contributed by atoms with Gasteiger partial charge in [-0.1, -0.05) is 38.8 Å². The summed E-state index contributed by atoms with van der Waals surface area (Å²) in [6.45, 7) is 7.83. The number of nitrogens with zero attached hydrogens (tertiary/aromatic N) is 4. The molecule has 17 heteroatoms. The van der Waals surface area contributed by atoms with Gasteiger partial charge >= 0.3 is 0 Å². The van der Waals surface area contributed by atoms with Gasteiger partial charge in [-0.15, -0.1) is 22.7 Å². The summed E-state index contributed by atoms with van der Waals surface area (Å²) in [6.07, 6.45) is 10.0. The highest BCUT2D eigenvalue weighted by molar-refractivity contribution is 7.91. The lowest BCUT2D eigenvalue weighted by molar-refractivity contribution is -0.140. The van der Waals surface area contributed by atoms with E-state index >= 15 is 0 Å². The Labute approximate surface area is 352 Å². The first-order chi connectivity index (χ1) is 28.2. The van der Waals surface area contributed by atoms with Gasteiger partial charge < -0.3 is 25.0 Å². The molecule has 5 atom stereocenters. The maximum absolute atomic E-state index is 14.8. The Morgan fingerprint density at radius 3 is 2.63 bits per heavy atom. The smallest absolute Gasteiger partial charge is 0.259 e. The van der Waals surface area contributed by atoms with Crippen molar-refractivity contribution in [3.8, 4) is 22.2 Å². The molecule has 3 aromatic heterocycles. The van der Waals surface area contributed by atoms with E-state index in [2.05, 4.69) is 34.2 Å². The van der Waals surface area contributed by atoms with E-state index in [-0.39, 0.29) is 31.2 Å². The number of thiazole rings is 2. The summed E-state index contributed by atoms with van der Waals surface area (Å²) in [5.41, 5.74) is 1.63. The van der Waals surface area contributed by atoms with Gasteiger partial charge in [0.2, 0.25) is 21.8 Å². The molecule has 4 aromatic rings. The minimum atomic E-state index is -3.97. The maximum Gasteiger partial charge on any atom is 0.259 e. The predicted octanol–water partition coefficient (Wildman–Crippen LogP) is 6.48. The number of methoxy groups -OCH3 is 1. The summed E-state index contributed by atoms with van der Waals surface area (Å²) in [5.74, 6) is -0.547. The molecular formula is C42H51N7O7S3. The molecule has 59 heavy (non-hydrogen) atoms. The van der Waals surface area contributed by atoms with Crippen LogP contribution in [0.15, 0.2) is 47.3 Å². The second-order valence-corrected chi connectivity index (χ2v) is 20.7. The van der Waals surface area contributed by atoms with Crippen LogP contribution in [0.2, 0.25) is 0 Å². The van der Waals surface area contributed by atoms with Gasteiger partial charge in [-0.2, -0.15) is 0 Å². The molecule has 8 rings (SSSR count). The van der Waals surface area contributed by atoms with Gasteiger partial charge in [0.15, 0.2) is 5.13 Å². The standard InChI is InChI=1S/C42H51N7O7S3/c1-24(2)31-23-58-37(45-31)30-20-34(28-13-14-33(55-5)25(3)35(28)44-30)56-27-19-32-36(50)47-42(39(52)48-59(53,54)41(4)15-16-41)21-26(42)11-9-7-6-8-10-12-29(38(51)49(32)22-27)46-40-43-17-18-57-40/h9,11,13-14,17-18,20,23-24,26-27,29,32H,6-8,10,12,15-16,19,21-22H2,1-5H3,(H,43,46)(H,47,50)(H,48,52)/b11-9-/t26-,27+,29-,32-,42+/m0/s1. The number of carbonyl (C=O) groups is 3. The molecule has 3 N–H and O–H groups in total. The van der Waals surface area contributed by atoms with E-state index in [1.54, 1.807) is 25.1 Å². The molecule has 2 aliphatic heterocycles. The van der Waals surface area contributed by atoms with Crippen LogP contribution in [0.1, 0.15) is 95.7 Å². The Bertz CT molecular complexity index is 2400. The SMILES string of the molecule is COc1ccc2c(O[C@@H]3C[C@H]4C(=O)N[C@]5(C(=O)NS(=O)(=O)C6(C)CC6)C[C@@H]5/C=C\CCCCC[C@H](Nc5nccs5)C(=O)N4C3)cc(-c3nc(C(C)C)cs3)nc2c1C. The molecule has 0 spiro atoms. The highest BCUT2D eigenvalue weighted by Gasteiger charge is 2.63. The molecule has 14 nitrogen and oxygen atoms in total. The van der Waals surface area contributed by atoms with E-state index in [0.29, 0.717) is 47.1 Å². The zero-order valence-corrected chi connectivity index (χ0v) is 36.4. The van der Waals surface area contributed by atoms with Crippen LogP contribution < -0.4 is 24.8 Å². The lowest BCUT2D eigenvalue weighted by atomic mass is 10.1. The fourth-order valence-corrected chi connectivity index (χ4v) is 10.9. The van der Waals surface area contributed by atoms with Gasteiger partial charge in [0.25, 0.3) is 5.91 Å². The fourth-order valence-electron chi connectivity index (χ4n) is 8.05. The number of benzene rings is 1. The molecule has 2 aliphatic carbocycles. The van der Waals surface area contributed by atoms with E-state index < -0.39 is 56.2 Å². The molecule has 0 bridgehead atoms. The van der Waals surface area contributed by atoms with Crippen LogP contribution >= 0.6 is 22.7 Å². The quantitative estimate of drug-likeness (QED) is 0.149. The zero-order chi connectivity index (χ0) is 41.7. The third-order valence-electron chi connectivity index (χ3n) is 12.2. The highest BCUT2D eigenvalue weighted by Crippen LogP contribution is 2.48. The van der Waals surface area contributed by atoms with Crippen molar-refractivity contribution in [3.63, 3.8) is 0 Å². The topological polar surface area (TPSA) is 182 Å². The summed E-state index contributed by atoms with van der Waals surface area (Å²) in [7, 11) is -2.36. The third-order valence-corrected chi connectivity index (χ3v) is 15.9. The summed E-state index contributed by atoms with van der Waals surface area (Å²) in [4.78, 5) is 59.3. The second-order valence-electron chi connectivity index (χ2n) is 16.8. The number of nitrogens with one attached hydrogen (secondary N) is 3.